The van der Waals surface area contributed by atoms with Gasteiger partial charge in [-0.25, -0.2) is 18.1 Å². The Morgan fingerprint density at radius 2 is 1.96 bits per heavy atom. The summed E-state index contributed by atoms with van der Waals surface area (Å²) in [6.45, 7) is 6.93. The zero-order valence-corrected chi connectivity index (χ0v) is 14.9. The van der Waals surface area contributed by atoms with E-state index in [1.54, 1.807) is 10.7 Å². The van der Waals surface area contributed by atoms with Gasteiger partial charge in [-0.15, -0.1) is 0 Å². The van der Waals surface area contributed by atoms with Crippen LogP contribution in [0.3, 0.4) is 0 Å². The molecule has 0 fully saturated rings. The minimum absolute atomic E-state index is 0.0452. The second-order valence-electron chi connectivity index (χ2n) is 6.37. The molecule has 0 unspecified atom stereocenters. The van der Waals surface area contributed by atoms with Gasteiger partial charge >= 0.3 is 0 Å². The van der Waals surface area contributed by atoms with Crippen LogP contribution in [0.2, 0.25) is 0 Å². The van der Waals surface area contributed by atoms with Crippen LogP contribution in [0.25, 0.3) is 0 Å². The minimum Gasteiger partial charge on any atom is -0.366 e. The Morgan fingerprint density at radius 3 is 2.48 bits per heavy atom. The number of hydrogen-bond acceptors (Lipinski definition) is 5. The van der Waals surface area contributed by atoms with Crippen molar-refractivity contribution < 1.29 is 8.42 Å². The van der Waals surface area contributed by atoms with E-state index in [4.69, 9.17) is 0 Å². The second kappa shape index (κ2) is 6.29. The fourth-order valence-corrected chi connectivity index (χ4v) is 2.92. The standard InChI is InChI=1S/C15H23N5O2S/c1-15(2,3)14-11(10-20(5)19-14)8-17-13-7-6-12(9-18-13)23(21,22)16-4/h6-7,9-10,16H,8H2,1-5H3,(H,17,18). The summed E-state index contributed by atoms with van der Waals surface area (Å²) < 4.78 is 27.4. The van der Waals surface area contributed by atoms with Gasteiger partial charge in [0.25, 0.3) is 0 Å². The summed E-state index contributed by atoms with van der Waals surface area (Å²) in [5.41, 5.74) is 2.08. The number of rotatable bonds is 5. The number of aryl methyl sites for hydroxylation is 1. The van der Waals surface area contributed by atoms with Gasteiger partial charge in [0.1, 0.15) is 10.7 Å². The Kier molecular flexibility index (Phi) is 4.76. The van der Waals surface area contributed by atoms with Crippen LogP contribution in [0.5, 0.6) is 0 Å². The van der Waals surface area contributed by atoms with Gasteiger partial charge in [-0.2, -0.15) is 5.10 Å². The van der Waals surface area contributed by atoms with Crippen molar-refractivity contribution in [2.75, 3.05) is 12.4 Å². The second-order valence-corrected chi connectivity index (χ2v) is 8.25. The van der Waals surface area contributed by atoms with Gasteiger partial charge in [-0.3, -0.25) is 4.68 Å². The molecule has 0 aromatic carbocycles. The number of anilines is 1. The van der Waals surface area contributed by atoms with Crippen molar-refractivity contribution in [3.8, 4) is 0 Å². The topological polar surface area (TPSA) is 88.9 Å². The van der Waals surface area contributed by atoms with Gasteiger partial charge in [-0.1, -0.05) is 20.8 Å². The normalized spacial score (nSPS) is 12.4. The lowest BCUT2D eigenvalue weighted by atomic mass is 9.89. The Balaban J connectivity index is 2.13. The zero-order chi connectivity index (χ0) is 17.3. The molecule has 2 N–H and O–H groups in total. The molecule has 126 valence electrons. The van der Waals surface area contributed by atoms with E-state index in [-0.39, 0.29) is 10.3 Å². The highest BCUT2D eigenvalue weighted by atomic mass is 32.2. The molecule has 2 aromatic heterocycles. The minimum atomic E-state index is -3.46. The van der Waals surface area contributed by atoms with E-state index >= 15 is 0 Å². The molecule has 0 atom stereocenters. The van der Waals surface area contributed by atoms with Crippen LogP contribution in [0.1, 0.15) is 32.0 Å². The van der Waals surface area contributed by atoms with Crippen LogP contribution < -0.4 is 10.0 Å². The van der Waals surface area contributed by atoms with E-state index in [0.717, 1.165) is 11.3 Å². The van der Waals surface area contributed by atoms with E-state index in [1.165, 1.54) is 19.3 Å². The molecule has 8 heteroatoms. The van der Waals surface area contributed by atoms with Gasteiger partial charge in [0.05, 0.1) is 5.69 Å². The highest BCUT2D eigenvalue weighted by Crippen LogP contribution is 2.24. The lowest BCUT2D eigenvalue weighted by Gasteiger charge is -2.17. The SMILES string of the molecule is CNS(=O)(=O)c1ccc(NCc2cn(C)nc2C(C)(C)C)nc1. The smallest absolute Gasteiger partial charge is 0.241 e. The largest absolute Gasteiger partial charge is 0.366 e. The predicted molar refractivity (Wildman–Crippen MR) is 89.7 cm³/mol. The Labute approximate surface area is 137 Å². The first-order valence-electron chi connectivity index (χ1n) is 7.30. The maximum absolute atomic E-state index is 11.7. The van der Waals surface area contributed by atoms with Crippen LogP contribution >= 0.6 is 0 Å². The number of nitrogens with one attached hydrogen (secondary N) is 2. The summed E-state index contributed by atoms with van der Waals surface area (Å²) in [6, 6.07) is 3.17. The first-order valence-corrected chi connectivity index (χ1v) is 8.78. The average Bonchev–Trinajstić information content (AvgIpc) is 2.87. The number of hydrogen-bond donors (Lipinski definition) is 2. The summed E-state index contributed by atoms with van der Waals surface area (Å²) in [6.07, 6.45) is 3.31. The molecule has 7 nitrogen and oxygen atoms in total. The Hall–Kier alpha value is -1.93. The van der Waals surface area contributed by atoms with Crippen molar-refractivity contribution in [3.63, 3.8) is 0 Å². The quantitative estimate of drug-likeness (QED) is 0.866. The molecule has 0 radical (unpaired) electrons. The van der Waals surface area contributed by atoms with Crippen LogP contribution in [0.15, 0.2) is 29.4 Å². The Morgan fingerprint density at radius 1 is 1.26 bits per heavy atom. The van der Waals surface area contributed by atoms with E-state index in [1.807, 2.05) is 13.2 Å². The molecule has 2 heterocycles. The number of pyridine rings is 1. The van der Waals surface area contributed by atoms with Crippen LogP contribution in [-0.4, -0.2) is 30.2 Å². The van der Waals surface area contributed by atoms with Crippen LogP contribution in [0.4, 0.5) is 5.82 Å². The van der Waals surface area contributed by atoms with Crippen molar-refractivity contribution in [3.05, 3.63) is 35.8 Å². The van der Waals surface area contributed by atoms with Crippen molar-refractivity contribution in [1.29, 1.82) is 0 Å². The summed E-state index contributed by atoms with van der Waals surface area (Å²) in [5, 5.41) is 7.72. The van der Waals surface area contributed by atoms with Gasteiger partial charge in [0, 0.05) is 37.0 Å². The van der Waals surface area contributed by atoms with Gasteiger partial charge in [0.15, 0.2) is 0 Å². The predicted octanol–water partition coefficient (Wildman–Crippen LogP) is 1.63. The lowest BCUT2D eigenvalue weighted by Crippen LogP contribution is -2.19. The first kappa shape index (κ1) is 17.4. The molecule has 0 saturated carbocycles. The summed E-state index contributed by atoms with van der Waals surface area (Å²) in [5.74, 6) is 0.615. The lowest BCUT2D eigenvalue weighted by molar-refractivity contribution is 0.549. The molecule has 0 aliphatic carbocycles. The number of sulfonamides is 1. The molecule has 2 rings (SSSR count). The molecule has 0 saturated heterocycles. The fourth-order valence-electron chi connectivity index (χ4n) is 2.25. The van der Waals surface area contributed by atoms with Crippen LogP contribution in [-0.2, 0) is 29.0 Å². The third kappa shape index (κ3) is 4.08. The molecule has 23 heavy (non-hydrogen) atoms. The summed E-state index contributed by atoms with van der Waals surface area (Å²) >= 11 is 0. The fraction of sp³-hybridized carbons (Fsp3) is 0.467. The maximum Gasteiger partial charge on any atom is 0.241 e. The third-order valence-corrected chi connectivity index (χ3v) is 4.79. The van der Waals surface area contributed by atoms with Crippen LogP contribution in [0, 0.1) is 0 Å². The van der Waals surface area contributed by atoms with Crippen molar-refractivity contribution in [2.45, 2.75) is 37.6 Å². The van der Waals surface area contributed by atoms with Gasteiger partial charge < -0.3 is 5.32 Å². The zero-order valence-electron chi connectivity index (χ0n) is 14.1. The molecule has 0 aliphatic rings. The maximum atomic E-state index is 11.7. The van der Waals surface area contributed by atoms with Crippen molar-refractivity contribution in [1.82, 2.24) is 19.5 Å². The number of nitrogens with zero attached hydrogens (tertiary/aromatic N) is 3. The van der Waals surface area contributed by atoms with E-state index in [2.05, 4.69) is 40.9 Å². The molecule has 0 spiro atoms. The average molecular weight is 337 g/mol. The first-order chi connectivity index (χ1) is 10.6. The highest BCUT2D eigenvalue weighted by Gasteiger charge is 2.21. The molecular weight excluding hydrogens is 314 g/mol. The number of aromatic nitrogens is 3. The molecule has 0 aliphatic heterocycles. The summed E-state index contributed by atoms with van der Waals surface area (Å²) in [7, 11) is -0.188. The van der Waals surface area contributed by atoms with E-state index < -0.39 is 10.0 Å². The Bertz CT molecular complexity index is 773. The monoisotopic (exact) mass is 337 g/mol. The van der Waals surface area contributed by atoms with Gasteiger partial charge in [0.2, 0.25) is 10.0 Å². The summed E-state index contributed by atoms with van der Waals surface area (Å²) in [4.78, 5) is 4.29. The van der Waals surface area contributed by atoms with Crippen molar-refractivity contribution in [2.24, 2.45) is 7.05 Å². The molecule has 2 aromatic rings. The van der Waals surface area contributed by atoms with Crippen molar-refractivity contribution >= 4 is 15.8 Å². The molecule has 0 amide bonds. The van der Waals surface area contributed by atoms with E-state index in [9.17, 15) is 8.42 Å². The third-order valence-electron chi connectivity index (χ3n) is 3.39. The highest BCUT2D eigenvalue weighted by molar-refractivity contribution is 7.89. The molecular formula is C15H23N5O2S. The van der Waals surface area contributed by atoms with Gasteiger partial charge in [-0.05, 0) is 19.2 Å². The van der Waals surface area contributed by atoms with E-state index in [0.29, 0.717) is 12.4 Å². The molecule has 0 bridgehead atoms.